The van der Waals surface area contributed by atoms with Gasteiger partial charge in [-0.1, -0.05) is 24.3 Å². The van der Waals surface area contributed by atoms with Crippen molar-refractivity contribution in [2.75, 3.05) is 29.2 Å². The van der Waals surface area contributed by atoms with Gasteiger partial charge in [-0.05, 0) is 49.2 Å². The first-order valence-corrected chi connectivity index (χ1v) is 12.3. The van der Waals surface area contributed by atoms with E-state index >= 15 is 0 Å². The van der Waals surface area contributed by atoms with E-state index in [9.17, 15) is 9.18 Å². The van der Waals surface area contributed by atoms with Crippen molar-refractivity contribution in [2.24, 2.45) is 0 Å². The summed E-state index contributed by atoms with van der Waals surface area (Å²) in [7, 11) is 0. The maximum absolute atomic E-state index is 14.9. The van der Waals surface area contributed by atoms with E-state index in [2.05, 4.69) is 26.1 Å². The number of ether oxygens (including phenoxy) is 1. The zero-order valence-electron chi connectivity index (χ0n) is 20.6. The van der Waals surface area contributed by atoms with E-state index in [0.717, 1.165) is 37.2 Å². The van der Waals surface area contributed by atoms with Crippen LogP contribution in [0, 0.1) is 5.82 Å². The highest BCUT2D eigenvalue weighted by molar-refractivity contribution is 5.88. The summed E-state index contributed by atoms with van der Waals surface area (Å²) in [5.74, 6) is 0.711. The summed E-state index contributed by atoms with van der Waals surface area (Å²) in [6.45, 7) is 1.70. The van der Waals surface area contributed by atoms with Gasteiger partial charge in [0.25, 0.3) is 0 Å². The number of likely N-dealkylation sites (tertiary alicyclic amines) is 1. The lowest BCUT2D eigenvalue weighted by Crippen LogP contribution is -2.32. The number of hydrogen-bond acceptors (Lipinski definition) is 7. The first-order chi connectivity index (χ1) is 18.6. The SMILES string of the molecule is O=C(Nc1cc(Oc2ccc(Nc3ncccc3CONc3ccccc3)cc2F)ccn1)N1CCCC1. The molecule has 4 aromatic rings. The summed E-state index contributed by atoms with van der Waals surface area (Å²) in [4.78, 5) is 28.2. The molecule has 0 radical (unpaired) electrons. The summed E-state index contributed by atoms with van der Waals surface area (Å²) >= 11 is 0. The van der Waals surface area contributed by atoms with Gasteiger partial charge in [-0.25, -0.2) is 19.2 Å². The highest BCUT2D eigenvalue weighted by Gasteiger charge is 2.18. The standard InChI is InChI=1S/C28H27FN6O3/c29-24-17-22(32-27-20(7-6-13-31-27)19-37-34-21-8-2-1-3-9-21)10-11-25(24)38-23-12-14-30-26(18-23)33-28(36)35-15-4-5-16-35/h1-3,6-14,17-18,34H,4-5,15-16,19H2,(H,31,32)(H,30,33,36). The second-order valence-corrected chi connectivity index (χ2v) is 8.64. The van der Waals surface area contributed by atoms with Crippen LogP contribution in [0.25, 0.3) is 0 Å². The van der Waals surface area contributed by atoms with Gasteiger partial charge in [0, 0.05) is 48.9 Å². The van der Waals surface area contributed by atoms with Crippen molar-refractivity contribution in [1.29, 1.82) is 0 Å². The lowest BCUT2D eigenvalue weighted by Gasteiger charge is -2.16. The number of carbonyl (C=O) groups excluding carboxylic acids is 1. The minimum Gasteiger partial charge on any atom is -0.454 e. The Morgan fingerprint density at radius 2 is 1.76 bits per heavy atom. The number of halogens is 1. The predicted octanol–water partition coefficient (Wildman–Crippen LogP) is 6.32. The largest absolute Gasteiger partial charge is 0.454 e. The summed E-state index contributed by atoms with van der Waals surface area (Å²) in [6, 6.07) is 20.7. The molecule has 1 saturated heterocycles. The number of aromatic nitrogens is 2. The second kappa shape index (κ2) is 12.0. The number of anilines is 4. The molecular weight excluding hydrogens is 487 g/mol. The first kappa shape index (κ1) is 25.0. The quantitative estimate of drug-likeness (QED) is 0.225. The molecule has 10 heteroatoms. The zero-order chi connectivity index (χ0) is 26.2. The molecule has 2 aromatic heterocycles. The van der Waals surface area contributed by atoms with E-state index in [1.807, 2.05) is 36.4 Å². The van der Waals surface area contributed by atoms with Gasteiger partial charge in [0.2, 0.25) is 0 Å². The lowest BCUT2D eigenvalue weighted by molar-refractivity contribution is 0.180. The molecular formula is C28H27FN6O3. The van der Waals surface area contributed by atoms with Crippen LogP contribution in [0.3, 0.4) is 0 Å². The summed E-state index contributed by atoms with van der Waals surface area (Å²) in [5, 5.41) is 5.89. The Hall–Kier alpha value is -4.70. The first-order valence-electron chi connectivity index (χ1n) is 12.3. The van der Waals surface area contributed by atoms with Crippen molar-refractivity contribution in [3.05, 3.63) is 96.6 Å². The minimum atomic E-state index is -0.561. The number of para-hydroxylation sites is 1. The Morgan fingerprint density at radius 1 is 0.921 bits per heavy atom. The van der Waals surface area contributed by atoms with Gasteiger partial charge in [-0.2, -0.15) is 0 Å². The van der Waals surface area contributed by atoms with Crippen molar-refractivity contribution < 1.29 is 18.8 Å². The van der Waals surface area contributed by atoms with Gasteiger partial charge in [0.1, 0.15) is 24.0 Å². The Bertz CT molecular complexity index is 1380. The predicted molar refractivity (Wildman–Crippen MR) is 143 cm³/mol. The maximum Gasteiger partial charge on any atom is 0.323 e. The third kappa shape index (κ3) is 6.54. The molecule has 5 rings (SSSR count). The van der Waals surface area contributed by atoms with Gasteiger partial charge in [0.15, 0.2) is 11.6 Å². The molecule has 0 spiro atoms. The van der Waals surface area contributed by atoms with Gasteiger partial charge >= 0.3 is 6.03 Å². The third-order valence-electron chi connectivity index (χ3n) is 5.86. The van der Waals surface area contributed by atoms with Crippen LogP contribution < -0.4 is 20.9 Å². The second-order valence-electron chi connectivity index (χ2n) is 8.64. The van der Waals surface area contributed by atoms with Crippen LogP contribution in [0.2, 0.25) is 0 Å². The van der Waals surface area contributed by atoms with E-state index in [1.54, 1.807) is 35.4 Å². The Kier molecular flexibility index (Phi) is 7.90. The van der Waals surface area contributed by atoms with Crippen LogP contribution >= 0.6 is 0 Å². The highest BCUT2D eigenvalue weighted by atomic mass is 19.1. The molecule has 0 aliphatic carbocycles. The molecule has 9 nitrogen and oxygen atoms in total. The van der Waals surface area contributed by atoms with Crippen LogP contribution in [0.15, 0.2) is 85.2 Å². The molecule has 0 bridgehead atoms. The number of benzene rings is 2. The van der Waals surface area contributed by atoms with E-state index < -0.39 is 5.82 Å². The number of nitrogens with zero attached hydrogens (tertiary/aromatic N) is 3. The summed E-state index contributed by atoms with van der Waals surface area (Å²) in [5.41, 5.74) is 5.01. The molecule has 1 aliphatic heterocycles. The fourth-order valence-electron chi connectivity index (χ4n) is 3.95. The van der Waals surface area contributed by atoms with E-state index in [1.165, 1.54) is 18.3 Å². The number of carbonyl (C=O) groups is 1. The normalized spacial score (nSPS) is 12.7. The van der Waals surface area contributed by atoms with Gasteiger partial charge in [-0.15, -0.1) is 0 Å². The number of rotatable bonds is 9. The molecule has 194 valence electrons. The average Bonchev–Trinajstić information content (AvgIpc) is 3.48. The van der Waals surface area contributed by atoms with Crippen molar-refractivity contribution in [3.63, 3.8) is 0 Å². The Balaban J connectivity index is 1.21. The molecule has 0 saturated carbocycles. The van der Waals surface area contributed by atoms with Crippen LogP contribution in [0.4, 0.5) is 32.2 Å². The van der Waals surface area contributed by atoms with Crippen LogP contribution in [-0.4, -0.2) is 34.0 Å². The highest BCUT2D eigenvalue weighted by Crippen LogP contribution is 2.29. The van der Waals surface area contributed by atoms with Crippen LogP contribution in [-0.2, 0) is 11.4 Å². The van der Waals surface area contributed by atoms with Gasteiger partial charge < -0.3 is 15.0 Å². The summed E-state index contributed by atoms with van der Waals surface area (Å²) in [6.07, 6.45) is 5.14. The molecule has 1 aliphatic rings. The van der Waals surface area contributed by atoms with Gasteiger partial charge in [0.05, 0.1) is 5.69 Å². The monoisotopic (exact) mass is 514 g/mol. The van der Waals surface area contributed by atoms with Gasteiger partial charge in [-0.3, -0.25) is 15.6 Å². The lowest BCUT2D eigenvalue weighted by atomic mass is 10.2. The average molecular weight is 515 g/mol. The number of amides is 2. The molecule has 2 amide bonds. The molecule has 3 heterocycles. The molecule has 0 unspecified atom stereocenters. The van der Waals surface area contributed by atoms with Crippen molar-refractivity contribution in [2.45, 2.75) is 19.4 Å². The Morgan fingerprint density at radius 3 is 2.58 bits per heavy atom. The summed E-state index contributed by atoms with van der Waals surface area (Å²) < 4.78 is 20.7. The molecule has 38 heavy (non-hydrogen) atoms. The van der Waals surface area contributed by atoms with E-state index in [-0.39, 0.29) is 18.4 Å². The van der Waals surface area contributed by atoms with Crippen molar-refractivity contribution in [3.8, 4) is 11.5 Å². The third-order valence-corrected chi connectivity index (χ3v) is 5.86. The molecule has 2 aromatic carbocycles. The molecule has 1 fully saturated rings. The number of hydrogen-bond donors (Lipinski definition) is 3. The molecule has 0 atom stereocenters. The number of urea groups is 1. The fourth-order valence-corrected chi connectivity index (χ4v) is 3.95. The van der Waals surface area contributed by atoms with E-state index in [4.69, 9.17) is 9.57 Å². The number of pyridine rings is 2. The van der Waals surface area contributed by atoms with Crippen LogP contribution in [0.1, 0.15) is 18.4 Å². The minimum absolute atomic E-state index is 0.0372. The maximum atomic E-state index is 14.9. The number of nitrogens with one attached hydrogen (secondary N) is 3. The van der Waals surface area contributed by atoms with Crippen LogP contribution in [0.5, 0.6) is 11.5 Å². The molecule has 3 N–H and O–H groups in total. The van der Waals surface area contributed by atoms with Crippen molar-refractivity contribution >= 4 is 29.0 Å². The van der Waals surface area contributed by atoms with E-state index in [0.29, 0.717) is 23.1 Å². The Labute approximate surface area is 219 Å². The van der Waals surface area contributed by atoms with Crippen molar-refractivity contribution in [1.82, 2.24) is 14.9 Å². The topological polar surface area (TPSA) is 101 Å². The fraction of sp³-hybridized carbons (Fsp3) is 0.179. The zero-order valence-corrected chi connectivity index (χ0v) is 20.6. The smallest absolute Gasteiger partial charge is 0.323 e.